The molecular formula is C22H24N4O3S2. The summed E-state index contributed by atoms with van der Waals surface area (Å²) in [5.41, 5.74) is 1.16. The Morgan fingerprint density at radius 3 is 2.42 bits per heavy atom. The lowest BCUT2D eigenvalue weighted by atomic mass is 10.1. The maximum Gasteiger partial charge on any atom is 0.230 e. The normalized spacial score (nSPS) is 11.2. The summed E-state index contributed by atoms with van der Waals surface area (Å²) in [4.78, 5) is 12.4. The maximum atomic E-state index is 12.7. The zero-order chi connectivity index (χ0) is 22.1. The predicted octanol–water partition coefficient (Wildman–Crippen LogP) is 2.89. The molecule has 0 fully saturated rings. The van der Waals surface area contributed by atoms with Gasteiger partial charge in [-0.1, -0.05) is 66.4 Å². The standard InChI is InChI=1S/C22H24N4O3S2/c1-2-15-26-20(17-31(28,29)19-11-7-4-8-12-19)24-25-22(26)30-16-21(27)23-14-13-18-9-5-3-6-10-18/h2-12H,1,13-17H2,(H,23,27). The van der Waals surface area contributed by atoms with Gasteiger partial charge in [0.05, 0.1) is 10.6 Å². The van der Waals surface area contributed by atoms with E-state index in [4.69, 9.17) is 0 Å². The Morgan fingerprint density at radius 2 is 1.74 bits per heavy atom. The molecule has 0 unspecified atom stereocenters. The van der Waals surface area contributed by atoms with Crippen LogP contribution in [0.1, 0.15) is 11.4 Å². The molecule has 0 radical (unpaired) electrons. The molecule has 0 atom stereocenters. The molecule has 0 spiro atoms. The van der Waals surface area contributed by atoms with E-state index in [9.17, 15) is 13.2 Å². The third-order valence-corrected chi connectivity index (χ3v) is 7.03. The summed E-state index contributed by atoms with van der Waals surface area (Å²) in [6, 6.07) is 18.2. The smallest absolute Gasteiger partial charge is 0.230 e. The van der Waals surface area contributed by atoms with Crippen molar-refractivity contribution in [2.45, 2.75) is 28.8 Å². The fourth-order valence-electron chi connectivity index (χ4n) is 2.90. The molecule has 0 aliphatic carbocycles. The minimum absolute atomic E-state index is 0.118. The van der Waals surface area contributed by atoms with Gasteiger partial charge >= 0.3 is 0 Å². The number of hydrogen-bond acceptors (Lipinski definition) is 6. The minimum atomic E-state index is -3.56. The molecule has 0 saturated carbocycles. The van der Waals surface area contributed by atoms with Crippen molar-refractivity contribution in [2.75, 3.05) is 12.3 Å². The zero-order valence-corrected chi connectivity index (χ0v) is 18.6. The molecule has 0 saturated heterocycles. The highest BCUT2D eigenvalue weighted by atomic mass is 32.2. The van der Waals surface area contributed by atoms with Crippen LogP contribution in [0.4, 0.5) is 0 Å². The quantitative estimate of drug-likeness (QED) is 0.352. The van der Waals surface area contributed by atoms with Crippen molar-refractivity contribution in [2.24, 2.45) is 0 Å². The van der Waals surface area contributed by atoms with Crippen molar-refractivity contribution in [1.29, 1.82) is 0 Å². The molecule has 2 aromatic carbocycles. The van der Waals surface area contributed by atoms with Crippen molar-refractivity contribution in [1.82, 2.24) is 20.1 Å². The average Bonchev–Trinajstić information content (AvgIpc) is 3.14. The Hall–Kier alpha value is -2.91. The van der Waals surface area contributed by atoms with E-state index in [1.54, 1.807) is 41.0 Å². The van der Waals surface area contributed by atoms with E-state index < -0.39 is 9.84 Å². The molecule has 9 heteroatoms. The molecule has 3 rings (SSSR count). The Labute approximate surface area is 186 Å². The van der Waals surface area contributed by atoms with Crippen LogP contribution in [0.25, 0.3) is 0 Å². The van der Waals surface area contributed by atoms with Crippen LogP contribution < -0.4 is 5.32 Å². The third kappa shape index (κ3) is 6.53. The van der Waals surface area contributed by atoms with Crippen LogP contribution in [-0.4, -0.2) is 41.4 Å². The largest absolute Gasteiger partial charge is 0.355 e. The maximum absolute atomic E-state index is 12.7. The average molecular weight is 457 g/mol. The fourth-order valence-corrected chi connectivity index (χ4v) is 4.99. The highest BCUT2D eigenvalue weighted by Gasteiger charge is 2.21. The summed E-state index contributed by atoms with van der Waals surface area (Å²) in [5.74, 6) is 0.0836. The first-order valence-electron chi connectivity index (χ1n) is 9.74. The number of nitrogens with one attached hydrogen (secondary N) is 1. The molecule has 7 nitrogen and oxygen atoms in total. The molecule has 1 heterocycles. The highest BCUT2D eigenvalue weighted by molar-refractivity contribution is 7.99. The van der Waals surface area contributed by atoms with E-state index in [2.05, 4.69) is 22.1 Å². The Bertz CT molecular complexity index is 1110. The summed E-state index contributed by atoms with van der Waals surface area (Å²) >= 11 is 1.22. The first-order chi connectivity index (χ1) is 15.0. The van der Waals surface area contributed by atoms with Gasteiger partial charge in [-0.15, -0.1) is 16.8 Å². The monoisotopic (exact) mass is 456 g/mol. The van der Waals surface area contributed by atoms with Crippen LogP contribution >= 0.6 is 11.8 Å². The second-order valence-electron chi connectivity index (χ2n) is 6.74. The first kappa shape index (κ1) is 22.8. The third-order valence-electron chi connectivity index (χ3n) is 4.44. The lowest BCUT2D eigenvalue weighted by Crippen LogP contribution is -2.27. The molecule has 0 bridgehead atoms. The van der Waals surface area contributed by atoms with Crippen molar-refractivity contribution in [3.63, 3.8) is 0 Å². The van der Waals surface area contributed by atoms with Gasteiger partial charge in [-0.05, 0) is 24.1 Å². The summed E-state index contributed by atoms with van der Waals surface area (Å²) in [6.45, 7) is 4.62. The van der Waals surface area contributed by atoms with E-state index >= 15 is 0 Å². The second kappa shape index (κ2) is 10.9. The molecule has 1 amide bonds. The van der Waals surface area contributed by atoms with Gasteiger partial charge in [-0.3, -0.25) is 4.79 Å². The van der Waals surface area contributed by atoms with Gasteiger partial charge in [-0.25, -0.2) is 8.42 Å². The molecular weight excluding hydrogens is 432 g/mol. The van der Waals surface area contributed by atoms with Gasteiger partial charge in [0.25, 0.3) is 0 Å². The van der Waals surface area contributed by atoms with Gasteiger partial charge in [0.1, 0.15) is 11.6 Å². The fraction of sp³-hybridized carbons (Fsp3) is 0.227. The molecule has 1 N–H and O–H groups in total. The predicted molar refractivity (Wildman–Crippen MR) is 121 cm³/mol. The number of rotatable bonds is 11. The highest BCUT2D eigenvalue weighted by Crippen LogP contribution is 2.21. The number of allylic oxidation sites excluding steroid dienone is 1. The summed E-state index contributed by atoms with van der Waals surface area (Å²) < 4.78 is 27.1. The van der Waals surface area contributed by atoms with Gasteiger partial charge in [-0.2, -0.15) is 0 Å². The lowest BCUT2D eigenvalue weighted by molar-refractivity contribution is -0.118. The van der Waals surface area contributed by atoms with Crippen LogP contribution in [-0.2, 0) is 33.4 Å². The van der Waals surface area contributed by atoms with E-state index in [1.165, 1.54) is 11.8 Å². The number of sulfone groups is 1. The SMILES string of the molecule is C=CCn1c(CS(=O)(=O)c2ccccc2)nnc1SCC(=O)NCCc1ccccc1. The van der Waals surface area contributed by atoms with E-state index in [-0.39, 0.29) is 22.3 Å². The molecule has 3 aromatic rings. The van der Waals surface area contributed by atoms with Gasteiger partial charge < -0.3 is 9.88 Å². The molecule has 1 aromatic heterocycles. The zero-order valence-electron chi connectivity index (χ0n) is 17.0. The number of nitrogens with zero attached hydrogens (tertiary/aromatic N) is 3. The van der Waals surface area contributed by atoms with Gasteiger partial charge in [0.2, 0.25) is 5.91 Å². The van der Waals surface area contributed by atoms with Crippen LogP contribution in [0.3, 0.4) is 0 Å². The Kier molecular flexibility index (Phi) is 8.02. The van der Waals surface area contributed by atoms with Crippen molar-refractivity contribution >= 4 is 27.5 Å². The van der Waals surface area contributed by atoms with Gasteiger partial charge in [0.15, 0.2) is 15.0 Å². The van der Waals surface area contributed by atoms with Crippen LogP contribution in [0, 0.1) is 0 Å². The number of benzene rings is 2. The molecule has 162 valence electrons. The van der Waals surface area contributed by atoms with Crippen LogP contribution in [0.15, 0.2) is 83.4 Å². The van der Waals surface area contributed by atoms with Gasteiger partial charge in [0, 0.05) is 13.1 Å². The summed E-state index contributed by atoms with van der Waals surface area (Å²) in [5, 5.41) is 11.5. The van der Waals surface area contributed by atoms with Crippen LogP contribution in [0.2, 0.25) is 0 Å². The number of aromatic nitrogens is 3. The van der Waals surface area contributed by atoms with E-state index in [1.807, 2.05) is 30.3 Å². The number of thioether (sulfide) groups is 1. The van der Waals surface area contributed by atoms with E-state index in [0.29, 0.717) is 24.1 Å². The topological polar surface area (TPSA) is 93.9 Å². The van der Waals surface area contributed by atoms with Crippen molar-refractivity contribution in [3.8, 4) is 0 Å². The van der Waals surface area contributed by atoms with E-state index in [0.717, 1.165) is 12.0 Å². The molecule has 0 aliphatic rings. The Morgan fingerprint density at radius 1 is 1.06 bits per heavy atom. The van der Waals surface area contributed by atoms with Crippen molar-refractivity contribution in [3.05, 3.63) is 84.7 Å². The summed E-state index contributed by atoms with van der Waals surface area (Å²) in [7, 11) is -3.56. The first-order valence-corrected chi connectivity index (χ1v) is 12.4. The number of hydrogen-bond donors (Lipinski definition) is 1. The van der Waals surface area contributed by atoms with Crippen molar-refractivity contribution < 1.29 is 13.2 Å². The lowest BCUT2D eigenvalue weighted by Gasteiger charge is -2.09. The molecule has 31 heavy (non-hydrogen) atoms. The summed E-state index contributed by atoms with van der Waals surface area (Å²) in [6.07, 6.45) is 2.40. The number of carbonyl (C=O) groups is 1. The van der Waals surface area contributed by atoms with Crippen LogP contribution in [0.5, 0.6) is 0 Å². The second-order valence-corrected chi connectivity index (χ2v) is 9.68. The number of amides is 1. The Balaban J connectivity index is 1.59. The minimum Gasteiger partial charge on any atom is -0.355 e. The molecule has 0 aliphatic heterocycles. The number of carbonyl (C=O) groups excluding carboxylic acids is 1.